The number of benzene rings is 1. The second-order valence-electron chi connectivity index (χ2n) is 5.33. The predicted octanol–water partition coefficient (Wildman–Crippen LogP) is 3.47. The van der Waals surface area contributed by atoms with Gasteiger partial charge in [0.05, 0.1) is 10.7 Å². The molecule has 108 valence electrons. The van der Waals surface area contributed by atoms with Crippen LogP contribution in [0.3, 0.4) is 0 Å². The standard InChI is InChI=1S/C16H23N3S/c1-5-14(17)10-13-8-11(2)6-7-15(13)20-16-9-12(3)18-19(16)4/h6-9,14H,5,10,17H2,1-4H3. The maximum atomic E-state index is 6.12. The zero-order valence-corrected chi connectivity index (χ0v) is 13.5. The van der Waals surface area contributed by atoms with Gasteiger partial charge in [-0.1, -0.05) is 36.4 Å². The van der Waals surface area contributed by atoms with Gasteiger partial charge in [0.15, 0.2) is 0 Å². The minimum absolute atomic E-state index is 0.226. The first-order valence-corrected chi connectivity index (χ1v) is 7.85. The molecule has 0 aliphatic carbocycles. The normalized spacial score (nSPS) is 12.7. The monoisotopic (exact) mass is 289 g/mol. The Morgan fingerprint density at radius 1 is 1.30 bits per heavy atom. The maximum absolute atomic E-state index is 6.12. The number of hydrogen-bond acceptors (Lipinski definition) is 3. The van der Waals surface area contributed by atoms with Gasteiger partial charge in [0.25, 0.3) is 0 Å². The molecule has 2 rings (SSSR count). The lowest BCUT2D eigenvalue weighted by Crippen LogP contribution is -2.21. The summed E-state index contributed by atoms with van der Waals surface area (Å²) in [6, 6.07) is 8.95. The van der Waals surface area contributed by atoms with E-state index in [9.17, 15) is 0 Å². The number of hydrogen-bond donors (Lipinski definition) is 1. The summed E-state index contributed by atoms with van der Waals surface area (Å²) in [7, 11) is 1.99. The van der Waals surface area contributed by atoms with Gasteiger partial charge in [-0.25, -0.2) is 0 Å². The molecule has 1 unspecified atom stereocenters. The van der Waals surface area contributed by atoms with Gasteiger partial charge in [-0.3, -0.25) is 4.68 Å². The van der Waals surface area contributed by atoms with Crippen molar-refractivity contribution in [3.63, 3.8) is 0 Å². The van der Waals surface area contributed by atoms with E-state index in [0.717, 1.165) is 23.6 Å². The molecule has 0 saturated heterocycles. The van der Waals surface area contributed by atoms with Crippen LogP contribution < -0.4 is 5.73 Å². The van der Waals surface area contributed by atoms with Crippen LogP contribution in [0.5, 0.6) is 0 Å². The average Bonchev–Trinajstić information content (AvgIpc) is 2.71. The van der Waals surface area contributed by atoms with Crippen LogP contribution in [0.2, 0.25) is 0 Å². The van der Waals surface area contributed by atoms with Gasteiger partial charge in [-0.2, -0.15) is 5.10 Å². The third kappa shape index (κ3) is 3.64. The number of aromatic nitrogens is 2. The van der Waals surface area contributed by atoms with Crippen LogP contribution in [-0.2, 0) is 13.5 Å². The molecule has 0 bridgehead atoms. The van der Waals surface area contributed by atoms with Gasteiger partial charge >= 0.3 is 0 Å². The highest BCUT2D eigenvalue weighted by molar-refractivity contribution is 7.99. The van der Waals surface area contributed by atoms with Crippen LogP contribution in [0.25, 0.3) is 0 Å². The zero-order valence-electron chi connectivity index (χ0n) is 12.7. The van der Waals surface area contributed by atoms with E-state index in [1.807, 2.05) is 18.7 Å². The van der Waals surface area contributed by atoms with E-state index in [4.69, 9.17) is 5.73 Å². The van der Waals surface area contributed by atoms with Crippen molar-refractivity contribution in [3.8, 4) is 0 Å². The van der Waals surface area contributed by atoms with E-state index in [1.54, 1.807) is 11.8 Å². The molecule has 20 heavy (non-hydrogen) atoms. The summed E-state index contributed by atoms with van der Waals surface area (Å²) in [5.74, 6) is 0. The van der Waals surface area contributed by atoms with Crippen LogP contribution in [-0.4, -0.2) is 15.8 Å². The smallest absolute Gasteiger partial charge is 0.0987 e. The Bertz CT molecular complexity index is 589. The molecule has 0 spiro atoms. The summed E-state index contributed by atoms with van der Waals surface area (Å²) in [5.41, 5.74) is 9.80. The number of aryl methyl sites for hydroxylation is 3. The fraction of sp³-hybridized carbons (Fsp3) is 0.438. The first-order chi connectivity index (χ1) is 9.49. The van der Waals surface area contributed by atoms with Crippen molar-refractivity contribution in [2.75, 3.05) is 0 Å². The Hall–Kier alpha value is -1.26. The molecule has 1 heterocycles. The van der Waals surface area contributed by atoms with Crippen LogP contribution in [0.1, 0.15) is 30.2 Å². The third-order valence-corrected chi connectivity index (χ3v) is 4.61. The molecule has 0 fully saturated rings. The summed E-state index contributed by atoms with van der Waals surface area (Å²) in [6.07, 6.45) is 1.93. The summed E-state index contributed by atoms with van der Waals surface area (Å²) >= 11 is 1.77. The number of nitrogens with zero attached hydrogens (tertiary/aromatic N) is 2. The van der Waals surface area contributed by atoms with E-state index in [-0.39, 0.29) is 6.04 Å². The second-order valence-corrected chi connectivity index (χ2v) is 6.40. The van der Waals surface area contributed by atoms with Crippen LogP contribution in [0, 0.1) is 13.8 Å². The molecule has 1 aromatic carbocycles. The van der Waals surface area contributed by atoms with Gasteiger partial charge in [-0.15, -0.1) is 0 Å². The third-order valence-electron chi connectivity index (χ3n) is 3.40. The Morgan fingerprint density at radius 3 is 2.65 bits per heavy atom. The fourth-order valence-electron chi connectivity index (χ4n) is 2.19. The fourth-order valence-corrected chi connectivity index (χ4v) is 3.23. The lowest BCUT2D eigenvalue weighted by atomic mass is 10.0. The predicted molar refractivity (Wildman–Crippen MR) is 85.2 cm³/mol. The summed E-state index contributed by atoms with van der Waals surface area (Å²) in [4.78, 5) is 1.28. The van der Waals surface area contributed by atoms with E-state index < -0.39 is 0 Å². The number of nitrogens with two attached hydrogens (primary N) is 1. The highest BCUT2D eigenvalue weighted by Gasteiger charge is 2.11. The minimum Gasteiger partial charge on any atom is -0.327 e. The van der Waals surface area contributed by atoms with Gasteiger partial charge < -0.3 is 5.73 Å². The molecule has 1 aromatic heterocycles. The Morgan fingerprint density at radius 2 is 2.05 bits per heavy atom. The summed E-state index contributed by atoms with van der Waals surface area (Å²) in [6.45, 7) is 6.29. The largest absolute Gasteiger partial charge is 0.327 e. The molecule has 2 aromatic rings. The first-order valence-electron chi connectivity index (χ1n) is 7.03. The SMILES string of the molecule is CCC(N)Cc1cc(C)ccc1Sc1cc(C)nn1C. The minimum atomic E-state index is 0.226. The lowest BCUT2D eigenvalue weighted by Gasteiger charge is -2.14. The van der Waals surface area contributed by atoms with Crippen molar-refractivity contribution < 1.29 is 0 Å². The average molecular weight is 289 g/mol. The van der Waals surface area contributed by atoms with Gasteiger partial charge in [0.2, 0.25) is 0 Å². The Labute approximate surface area is 125 Å². The van der Waals surface area contributed by atoms with E-state index in [0.29, 0.717) is 0 Å². The molecule has 0 aliphatic heterocycles. The van der Waals surface area contributed by atoms with Crippen LogP contribution in [0.4, 0.5) is 0 Å². The highest BCUT2D eigenvalue weighted by atomic mass is 32.2. The zero-order chi connectivity index (χ0) is 14.7. The second kappa shape index (κ2) is 6.46. The molecule has 0 aliphatic rings. The van der Waals surface area contributed by atoms with Crippen molar-refractivity contribution in [2.24, 2.45) is 12.8 Å². The molecule has 2 N–H and O–H groups in total. The summed E-state index contributed by atoms with van der Waals surface area (Å²) < 4.78 is 1.93. The molecular formula is C16H23N3S. The van der Waals surface area contributed by atoms with Crippen molar-refractivity contribution in [2.45, 2.75) is 49.6 Å². The Kier molecular flexibility index (Phi) is 4.89. The van der Waals surface area contributed by atoms with E-state index >= 15 is 0 Å². The molecule has 3 nitrogen and oxygen atoms in total. The van der Waals surface area contributed by atoms with Crippen LogP contribution in [0.15, 0.2) is 34.2 Å². The molecule has 0 amide bonds. The lowest BCUT2D eigenvalue weighted by molar-refractivity contribution is 0.640. The van der Waals surface area contributed by atoms with Gasteiger partial charge in [0.1, 0.15) is 0 Å². The van der Waals surface area contributed by atoms with Crippen molar-refractivity contribution in [1.29, 1.82) is 0 Å². The summed E-state index contributed by atoms with van der Waals surface area (Å²) in [5, 5.41) is 5.57. The molecule has 0 radical (unpaired) electrons. The molecule has 0 saturated carbocycles. The van der Waals surface area contributed by atoms with Crippen molar-refractivity contribution in [1.82, 2.24) is 9.78 Å². The van der Waals surface area contributed by atoms with E-state index in [1.165, 1.54) is 16.0 Å². The molecular weight excluding hydrogens is 266 g/mol. The molecule has 1 atom stereocenters. The quantitative estimate of drug-likeness (QED) is 0.916. The Balaban J connectivity index is 2.28. The van der Waals surface area contributed by atoms with E-state index in [2.05, 4.69) is 43.2 Å². The number of rotatable bonds is 5. The first kappa shape index (κ1) is 15.1. The topological polar surface area (TPSA) is 43.8 Å². The van der Waals surface area contributed by atoms with Crippen LogP contribution >= 0.6 is 11.8 Å². The van der Waals surface area contributed by atoms with Gasteiger partial charge in [-0.05, 0) is 44.4 Å². The maximum Gasteiger partial charge on any atom is 0.0987 e. The molecule has 4 heteroatoms. The van der Waals surface area contributed by atoms with Crippen molar-refractivity contribution in [3.05, 3.63) is 41.1 Å². The highest BCUT2D eigenvalue weighted by Crippen LogP contribution is 2.32. The van der Waals surface area contributed by atoms with Crippen molar-refractivity contribution >= 4 is 11.8 Å². The van der Waals surface area contributed by atoms with Gasteiger partial charge in [0, 0.05) is 18.0 Å².